The predicted octanol–water partition coefficient (Wildman–Crippen LogP) is 7.53. The van der Waals surface area contributed by atoms with Crippen LogP contribution in [0.1, 0.15) is 59.3 Å². The normalized spacial score (nSPS) is 12.0. The minimum Gasteiger partial charge on any atom is -0.144 e. The summed E-state index contributed by atoms with van der Waals surface area (Å²) in [6, 6.07) is 13.9. The van der Waals surface area contributed by atoms with Gasteiger partial charge in [0.25, 0.3) is 0 Å². The topological polar surface area (TPSA) is 0 Å². The lowest BCUT2D eigenvalue weighted by Crippen LogP contribution is -2.45. The lowest BCUT2D eigenvalue weighted by atomic mass is 10.4. The molecule has 0 radical (unpaired) electrons. The molecule has 0 bridgehead atoms. The third-order valence-electron chi connectivity index (χ3n) is 4.92. The van der Waals surface area contributed by atoms with E-state index in [1.807, 2.05) is 11.3 Å². The van der Waals surface area contributed by atoms with Crippen molar-refractivity contribution in [3.05, 3.63) is 29.6 Å². The summed E-state index contributed by atoms with van der Waals surface area (Å²) < 4.78 is 1.79. The van der Waals surface area contributed by atoms with Crippen LogP contribution in [0.15, 0.2) is 29.6 Å². The maximum absolute atomic E-state index is 2.51. The summed E-state index contributed by atoms with van der Waals surface area (Å²) in [6.45, 7) is 7.05. The molecule has 0 nitrogen and oxygen atoms in total. The molecule has 0 fully saturated rings. The van der Waals surface area contributed by atoms with Crippen molar-refractivity contribution < 1.29 is 0 Å². The second-order valence-corrected chi connectivity index (χ2v) is 13.7. The van der Waals surface area contributed by atoms with E-state index in [9.17, 15) is 0 Å². The van der Waals surface area contributed by atoms with Crippen molar-refractivity contribution in [1.29, 1.82) is 0 Å². The molecule has 0 spiro atoms. The smallest absolute Gasteiger partial charge is 0.0995 e. The van der Waals surface area contributed by atoms with E-state index < -0.39 is 8.07 Å². The van der Waals surface area contributed by atoms with Gasteiger partial charge in [0.15, 0.2) is 0 Å². The van der Waals surface area contributed by atoms with E-state index >= 15 is 0 Å². The number of hydrogen-bond donors (Lipinski definition) is 0. The first-order chi connectivity index (χ1) is 11.3. The Kier molecular flexibility index (Phi) is 8.08. The Labute approximate surface area is 152 Å². The molecule has 0 aromatic carbocycles. The van der Waals surface area contributed by atoms with Crippen molar-refractivity contribution in [1.82, 2.24) is 0 Å². The Morgan fingerprint density at radius 2 is 1.39 bits per heavy atom. The molecule has 0 N–H and O–H groups in total. The summed E-state index contributed by atoms with van der Waals surface area (Å²) in [7, 11) is -1.30. The number of hydrogen-bond acceptors (Lipinski definition) is 2. The highest BCUT2D eigenvalue weighted by molar-refractivity contribution is 7.31. The van der Waals surface area contributed by atoms with Crippen LogP contribution in [0, 0.1) is 0 Å². The van der Waals surface area contributed by atoms with Gasteiger partial charge in [-0.3, -0.25) is 0 Å². The van der Waals surface area contributed by atoms with E-state index in [0.29, 0.717) is 0 Å². The average Bonchev–Trinajstić information content (AvgIpc) is 3.25. The molecule has 0 atom stereocenters. The van der Waals surface area contributed by atoms with E-state index in [2.05, 4.69) is 61.8 Å². The molecule has 2 heterocycles. The van der Waals surface area contributed by atoms with E-state index in [0.717, 1.165) is 0 Å². The van der Waals surface area contributed by atoms with Crippen LogP contribution in [0.25, 0.3) is 9.75 Å². The summed E-state index contributed by atoms with van der Waals surface area (Å²) in [5.74, 6) is 0. The van der Waals surface area contributed by atoms with Gasteiger partial charge in [0.1, 0.15) is 0 Å². The molecule has 0 amide bonds. The van der Waals surface area contributed by atoms with E-state index in [1.165, 1.54) is 66.4 Å². The Balaban J connectivity index is 2.29. The molecule has 2 aromatic heterocycles. The Morgan fingerprint density at radius 1 is 0.783 bits per heavy atom. The van der Waals surface area contributed by atoms with Crippen LogP contribution in [0.2, 0.25) is 18.1 Å². The molecule has 2 aromatic rings. The first-order valence-electron chi connectivity index (χ1n) is 9.40. The molecule has 0 aliphatic carbocycles. The molecule has 0 saturated carbocycles. The van der Waals surface area contributed by atoms with Gasteiger partial charge < -0.3 is 0 Å². The maximum Gasteiger partial charge on any atom is 0.0995 e. The van der Waals surface area contributed by atoms with E-state index in [4.69, 9.17) is 0 Å². The summed E-state index contributed by atoms with van der Waals surface area (Å²) in [4.78, 5) is 2.95. The highest BCUT2D eigenvalue weighted by Gasteiger charge is 2.34. The number of rotatable bonds is 11. The lowest BCUT2D eigenvalue weighted by molar-refractivity contribution is 0.801. The Hall–Kier alpha value is -0.383. The fraction of sp³-hybridized carbons (Fsp3) is 0.600. The van der Waals surface area contributed by atoms with E-state index in [1.54, 1.807) is 4.50 Å². The summed E-state index contributed by atoms with van der Waals surface area (Å²) in [5, 5.41) is 2.20. The first-order valence-corrected chi connectivity index (χ1v) is 13.7. The molecule has 0 aliphatic rings. The molecule has 2 rings (SSSR count). The molecular formula is C20H32S2Si. The highest BCUT2D eigenvalue weighted by Crippen LogP contribution is 2.34. The van der Waals surface area contributed by atoms with Crippen LogP contribution in [0.5, 0.6) is 0 Å². The second-order valence-electron chi connectivity index (χ2n) is 6.73. The Morgan fingerprint density at radius 3 is 1.87 bits per heavy atom. The largest absolute Gasteiger partial charge is 0.144 e. The van der Waals surface area contributed by atoms with Gasteiger partial charge in [0.2, 0.25) is 0 Å². The van der Waals surface area contributed by atoms with Gasteiger partial charge in [-0.15, -0.1) is 22.7 Å². The minimum absolute atomic E-state index is 1.30. The molecule has 0 saturated heterocycles. The standard InChI is InChI=1S/C20H32S2Si/c1-4-7-15-23(16-8-5-2,17-9-6-3)20-13-12-19(22-20)18-11-10-14-21-18/h10-14H,4-9,15-17H2,1-3H3. The third kappa shape index (κ3) is 5.04. The van der Waals surface area contributed by atoms with Crippen LogP contribution in [-0.2, 0) is 0 Å². The third-order valence-corrected chi connectivity index (χ3v) is 13.6. The molecule has 0 aliphatic heterocycles. The van der Waals surface area contributed by atoms with Crippen LogP contribution in [0.3, 0.4) is 0 Å². The average molecular weight is 365 g/mol. The summed E-state index contributed by atoms with van der Waals surface area (Å²) in [6.07, 6.45) is 8.30. The van der Waals surface area contributed by atoms with Crippen LogP contribution < -0.4 is 4.50 Å². The molecule has 3 heteroatoms. The predicted molar refractivity (Wildman–Crippen MR) is 112 cm³/mol. The zero-order valence-corrected chi connectivity index (χ0v) is 17.7. The zero-order valence-electron chi connectivity index (χ0n) is 15.1. The number of unbranched alkanes of at least 4 members (excludes halogenated alkanes) is 3. The van der Waals surface area contributed by atoms with Gasteiger partial charge in [-0.2, -0.15) is 0 Å². The second kappa shape index (κ2) is 9.80. The van der Waals surface area contributed by atoms with Crippen molar-refractivity contribution in [3.63, 3.8) is 0 Å². The fourth-order valence-corrected chi connectivity index (χ4v) is 12.2. The van der Waals surface area contributed by atoms with Gasteiger partial charge in [0, 0.05) is 9.75 Å². The van der Waals surface area contributed by atoms with Crippen molar-refractivity contribution in [2.75, 3.05) is 0 Å². The van der Waals surface area contributed by atoms with Gasteiger partial charge in [-0.1, -0.05) is 89.6 Å². The van der Waals surface area contributed by atoms with E-state index in [-0.39, 0.29) is 0 Å². The molecule has 23 heavy (non-hydrogen) atoms. The van der Waals surface area contributed by atoms with Crippen molar-refractivity contribution >= 4 is 35.2 Å². The first kappa shape index (κ1) is 18.9. The summed E-state index contributed by atoms with van der Waals surface area (Å²) in [5.41, 5.74) is 0. The molecule has 0 unspecified atom stereocenters. The van der Waals surface area contributed by atoms with Gasteiger partial charge in [0.05, 0.1) is 8.07 Å². The van der Waals surface area contributed by atoms with Crippen molar-refractivity contribution in [3.8, 4) is 9.75 Å². The molecule has 128 valence electrons. The zero-order chi connectivity index (χ0) is 16.5. The molecular weight excluding hydrogens is 332 g/mol. The van der Waals surface area contributed by atoms with Crippen LogP contribution in [-0.4, -0.2) is 8.07 Å². The van der Waals surface area contributed by atoms with Crippen molar-refractivity contribution in [2.45, 2.75) is 77.4 Å². The van der Waals surface area contributed by atoms with Crippen LogP contribution >= 0.6 is 22.7 Å². The van der Waals surface area contributed by atoms with Crippen LogP contribution in [0.4, 0.5) is 0 Å². The fourth-order valence-electron chi connectivity index (χ4n) is 3.46. The number of thiophene rings is 2. The van der Waals surface area contributed by atoms with Gasteiger partial charge in [-0.05, 0) is 22.0 Å². The SMILES string of the molecule is CCCC[Si](CCCC)(CCCC)c1ccc(-c2cccs2)s1. The highest BCUT2D eigenvalue weighted by atomic mass is 32.1. The Bertz CT molecular complexity index is 520. The lowest BCUT2D eigenvalue weighted by Gasteiger charge is -2.31. The van der Waals surface area contributed by atoms with Crippen molar-refractivity contribution in [2.24, 2.45) is 0 Å². The maximum atomic E-state index is 2.51. The minimum atomic E-state index is -1.30. The quantitative estimate of drug-likeness (QED) is 0.361. The van der Waals surface area contributed by atoms with Gasteiger partial charge in [-0.25, -0.2) is 0 Å². The monoisotopic (exact) mass is 364 g/mol. The summed E-state index contributed by atoms with van der Waals surface area (Å²) >= 11 is 4.00. The van der Waals surface area contributed by atoms with Gasteiger partial charge >= 0.3 is 0 Å².